The molecule has 8 heteroatoms. The molecule has 8 nitrogen and oxygen atoms in total. The van der Waals surface area contributed by atoms with Crippen molar-refractivity contribution in [3.8, 4) is 22.8 Å². The number of hydrogen-bond acceptors (Lipinski definition) is 6. The molecule has 0 spiro atoms. The summed E-state index contributed by atoms with van der Waals surface area (Å²) in [7, 11) is 5.60. The lowest BCUT2D eigenvalue weighted by molar-refractivity contribution is 0.0943. The maximum Gasteiger partial charge on any atom is 0.252 e. The minimum absolute atomic E-state index is 0.0146. The first-order valence-corrected chi connectivity index (χ1v) is 10.6. The lowest BCUT2D eigenvalue weighted by atomic mass is 10.0. The van der Waals surface area contributed by atoms with Crippen LogP contribution in [0.5, 0.6) is 11.5 Å². The molecule has 0 saturated carbocycles. The molecule has 1 amide bonds. The monoisotopic (exact) mass is 445 g/mol. The number of benzene rings is 2. The molecule has 170 valence electrons. The lowest BCUT2D eigenvalue weighted by Crippen LogP contribution is -2.34. The second-order valence-electron chi connectivity index (χ2n) is 8.10. The summed E-state index contributed by atoms with van der Waals surface area (Å²) in [4.78, 5) is 20.0. The van der Waals surface area contributed by atoms with Gasteiger partial charge in [-0.3, -0.25) is 9.89 Å². The molecule has 33 heavy (non-hydrogen) atoms. The average molecular weight is 446 g/mol. The van der Waals surface area contributed by atoms with E-state index < -0.39 is 0 Å². The second kappa shape index (κ2) is 9.30. The van der Waals surface area contributed by atoms with E-state index in [9.17, 15) is 9.90 Å². The summed E-state index contributed by atoms with van der Waals surface area (Å²) in [6.45, 7) is 2.27. The number of amides is 1. The summed E-state index contributed by atoms with van der Waals surface area (Å²) in [6, 6.07) is 16.3. The Bertz CT molecular complexity index is 1260. The van der Waals surface area contributed by atoms with Crippen LogP contribution in [0.25, 0.3) is 22.3 Å². The number of nitrogens with one attached hydrogen (secondary N) is 2. The number of aromatic amines is 1. The maximum absolute atomic E-state index is 13.3. The summed E-state index contributed by atoms with van der Waals surface area (Å²) >= 11 is 0. The van der Waals surface area contributed by atoms with E-state index in [1.165, 1.54) is 0 Å². The quantitative estimate of drug-likeness (QED) is 0.401. The molecule has 3 N–H and O–H groups in total. The number of aromatic hydroxyl groups is 1. The van der Waals surface area contributed by atoms with E-state index in [-0.39, 0.29) is 17.7 Å². The number of phenolic OH excluding ortho intramolecular Hbond substituents is 1. The van der Waals surface area contributed by atoms with Crippen molar-refractivity contribution in [1.82, 2.24) is 25.4 Å². The zero-order valence-corrected chi connectivity index (χ0v) is 19.1. The summed E-state index contributed by atoms with van der Waals surface area (Å²) in [5.41, 5.74) is 4.24. The Labute approximate surface area is 192 Å². The van der Waals surface area contributed by atoms with E-state index in [0.29, 0.717) is 34.5 Å². The van der Waals surface area contributed by atoms with Gasteiger partial charge < -0.3 is 20.1 Å². The minimum atomic E-state index is -0.202. The number of aryl methyl sites for hydroxylation is 1. The first-order valence-electron chi connectivity index (χ1n) is 10.6. The summed E-state index contributed by atoms with van der Waals surface area (Å²) in [5, 5.41) is 20.5. The summed E-state index contributed by atoms with van der Waals surface area (Å²) in [5.74, 6) is 0.757. The van der Waals surface area contributed by atoms with Crippen LogP contribution in [0, 0.1) is 6.92 Å². The van der Waals surface area contributed by atoms with Crippen molar-refractivity contribution in [2.75, 3.05) is 27.7 Å². The zero-order valence-electron chi connectivity index (χ0n) is 19.1. The number of pyridine rings is 1. The Morgan fingerprint density at radius 1 is 1.15 bits per heavy atom. The third-order valence-electron chi connectivity index (χ3n) is 5.70. The van der Waals surface area contributed by atoms with E-state index >= 15 is 0 Å². The molecule has 1 unspecified atom stereocenters. The highest BCUT2D eigenvalue weighted by Crippen LogP contribution is 2.27. The fourth-order valence-corrected chi connectivity index (χ4v) is 3.85. The highest BCUT2D eigenvalue weighted by Gasteiger charge is 2.20. The number of ether oxygens (including phenoxy) is 1. The number of rotatable bonds is 7. The van der Waals surface area contributed by atoms with Crippen LogP contribution >= 0.6 is 0 Å². The summed E-state index contributed by atoms with van der Waals surface area (Å²) < 4.78 is 5.25. The van der Waals surface area contributed by atoms with Gasteiger partial charge in [0.15, 0.2) is 5.65 Å². The topological polar surface area (TPSA) is 103 Å². The van der Waals surface area contributed by atoms with Crippen LogP contribution in [-0.2, 0) is 0 Å². The van der Waals surface area contributed by atoms with E-state index in [2.05, 4.69) is 25.4 Å². The fourth-order valence-electron chi connectivity index (χ4n) is 3.85. The molecule has 0 bridgehead atoms. The Kier molecular flexibility index (Phi) is 6.28. The van der Waals surface area contributed by atoms with Crippen molar-refractivity contribution in [1.29, 1.82) is 0 Å². The Balaban J connectivity index is 1.63. The van der Waals surface area contributed by atoms with Gasteiger partial charge in [0.2, 0.25) is 0 Å². The Hall–Kier alpha value is -3.91. The van der Waals surface area contributed by atoms with Crippen molar-refractivity contribution < 1.29 is 14.6 Å². The van der Waals surface area contributed by atoms with Crippen LogP contribution in [-0.4, -0.2) is 58.8 Å². The molecule has 0 radical (unpaired) electrons. The first kappa shape index (κ1) is 22.3. The van der Waals surface area contributed by atoms with Crippen molar-refractivity contribution in [2.24, 2.45) is 0 Å². The van der Waals surface area contributed by atoms with Gasteiger partial charge in [0.05, 0.1) is 35.5 Å². The van der Waals surface area contributed by atoms with Gasteiger partial charge in [-0.2, -0.15) is 5.10 Å². The average Bonchev–Trinajstić information content (AvgIpc) is 3.20. The second-order valence-corrected chi connectivity index (χ2v) is 8.10. The molecular formula is C25H27N5O3. The van der Waals surface area contributed by atoms with Gasteiger partial charge in [-0.25, -0.2) is 4.98 Å². The van der Waals surface area contributed by atoms with Gasteiger partial charge in [0, 0.05) is 12.1 Å². The molecule has 2 aromatic carbocycles. The normalized spacial score (nSPS) is 12.2. The highest BCUT2D eigenvalue weighted by molar-refractivity contribution is 6.07. The fraction of sp³-hybridized carbons (Fsp3) is 0.240. The van der Waals surface area contributed by atoms with Crippen molar-refractivity contribution in [2.45, 2.75) is 13.0 Å². The van der Waals surface area contributed by atoms with Crippen LogP contribution in [0.3, 0.4) is 0 Å². The van der Waals surface area contributed by atoms with Gasteiger partial charge in [-0.1, -0.05) is 12.1 Å². The Morgan fingerprint density at radius 3 is 2.48 bits per heavy atom. The van der Waals surface area contributed by atoms with Crippen molar-refractivity contribution in [3.05, 3.63) is 71.4 Å². The third-order valence-corrected chi connectivity index (χ3v) is 5.70. The van der Waals surface area contributed by atoms with E-state index in [4.69, 9.17) is 4.74 Å². The molecule has 1 atom stereocenters. The molecule has 0 aliphatic heterocycles. The van der Waals surface area contributed by atoms with Crippen LogP contribution in [0.15, 0.2) is 54.6 Å². The molecule has 4 rings (SSSR count). The van der Waals surface area contributed by atoms with Gasteiger partial charge >= 0.3 is 0 Å². The number of fused-ring (bicyclic) bond motifs is 1. The standard InChI is InChI=1S/C25H27N5O3/c1-15-23-20(13-21(27-24(23)29-28-15)16-5-9-18(31)10-6-16)25(32)26-14-22(30(2)3)17-7-11-19(33-4)12-8-17/h5-13,22,31H,14H2,1-4H3,(H,26,32)(H,27,28,29). The number of carbonyl (C=O) groups is 1. The molecule has 4 aromatic rings. The smallest absolute Gasteiger partial charge is 0.252 e. The van der Waals surface area contributed by atoms with Gasteiger partial charge in [0.1, 0.15) is 11.5 Å². The number of H-pyrrole nitrogens is 1. The molecule has 0 aliphatic rings. The number of nitrogens with zero attached hydrogens (tertiary/aromatic N) is 3. The molecule has 0 saturated heterocycles. The molecular weight excluding hydrogens is 418 g/mol. The highest BCUT2D eigenvalue weighted by atomic mass is 16.5. The van der Waals surface area contributed by atoms with E-state index in [0.717, 1.165) is 16.9 Å². The molecule has 0 fully saturated rings. The zero-order chi connectivity index (χ0) is 23.5. The van der Waals surface area contributed by atoms with Crippen molar-refractivity contribution >= 4 is 16.9 Å². The summed E-state index contributed by atoms with van der Waals surface area (Å²) in [6.07, 6.45) is 0. The van der Waals surface area contributed by atoms with Gasteiger partial charge in [-0.15, -0.1) is 0 Å². The number of likely N-dealkylation sites (N-methyl/N-ethyl adjacent to an activating group) is 1. The van der Waals surface area contributed by atoms with Crippen LogP contribution in [0.4, 0.5) is 0 Å². The molecule has 0 aliphatic carbocycles. The molecule has 2 aromatic heterocycles. The van der Waals surface area contributed by atoms with Gasteiger partial charge in [0.25, 0.3) is 5.91 Å². The minimum Gasteiger partial charge on any atom is -0.508 e. The lowest BCUT2D eigenvalue weighted by Gasteiger charge is -2.25. The van der Waals surface area contributed by atoms with Crippen molar-refractivity contribution in [3.63, 3.8) is 0 Å². The predicted octanol–water partition coefficient (Wildman–Crippen LogP) is 3.68. The molecule has 2 heterocycles. The number of aromatic nitrogens is 3. The maximum atomic E-state index is 13.3. The van der Waals surface area contributed by atoms with Crippen LogP contribution in [0.1, 0.15) is 27.7 Å². The number of methoxy groups -OCH3 is 1. The number of carbonyl (C=O) groups excluding carboxylic acids is 1. The SMILES string of the molecule is COc1ccc(C(CNC(=O)c2cc(-c3ccc(O)cc3)nc3[nH]nc(C)c23)N(C)C)cc1. The largest absolute Gasteiger partial charge is 0.508 e. The Morgan fingerprint density at radius 2 is 1.85 bits per heavy atom. The third kappa shape index (κ3) is 4.65. The first-order chi connectivity index (χ1) is 15.9. The van der Waals surface area contributed by atoms with Crippen LogP contribution in [0.2, 0.25) is 0 Å². The van der Waals surface area contributed by atoms with E-state index in [1.54, 1.807) is 37.4 Å². The van der Waals surface area contributed by atoms with Crippen LogP contribution < -0.4 is 10.1 Å². The number of hydrogen-bond donors (Lipinski definition) is 3. The van der Waals surface area contributed by atoms with E-state index in [1.807, 2.05) is 45.3 Å². The number of phenols is 1. The predicted molar refractivity (Wildman–Crippen MR) is 127 cm³/mol. The van der Waals surface area contributed by atoms with Gasteiger partial charge in [-0.05, 0) is 69.0 Å².